The molecule has 1 rings (SSSR count). The molecule has 19 heavy (non-hydrogen) atoms. The molecule has 1 saturated heterocycles. The molecule has 2 unspecified atom stereocenters. The van der Waals surface area contributed by atoms with Crippen molar-refractivity contribution in [2.24, 2.45) is 5.92 Å². The van der Waals surface area contributed by atoms with Crippen LogP contribution in [-0.2, 0) is 9.53 Å². The number of nitrogens with zero attached hydrogens (tertiary/aromatic N) is 2. The smallest absolute Gasteiger partial charge is 0.320 e. The van der Waals surface area contributed by atoms with E-state index in [-0.39, 0.29) is 18.0 Å². The molecular weight excluding hydrogens is 248 g/mol. The summed E-state index contributed by atoms with van der Waals surface area (Å²) in [5, 5.41) is 9.00. The van der Waals surface area contributed by atoms with E-state index in [0.717, 1.165) is 0 Å². The van der Waals surface area contributed by atoms with E-state index in [2.05, 4.69) is 0 Å². The van der Waals surface area contributed by atoms with Crippen LogP contribution in [0.2, 0.25) is 0 Å². The van der Waals surface area contributed by atoms with Gasteiger partial charge < -0.3 is 19.6 Å². The third kappa shape index (κ3) is 4.38. The Morgan fingerprint density at radius 3 is 2.68 bits per heavy atom. The monoisotopic (exact) mass is 272 g/mol. The topological polar surface area (TPSA) is 70.1 Å². The number of hydrogen-bond acceptors (Lipinski definition) is 3. The molecule has 0 aliphatic carbocycles. The van der Waals surface area contributed by atoms with E-state index >= 15 is 0 Å². The minimum atomic E-state index is -0.761. The molecule has 2 amide bonds. The van der Waals surface area contributed by atoms with Crippen LogP contribution in [-0.4, -0.2) is 66.3 Å². The molecule has 110 valence electrons. The number of piperidine rings is 1. The van der Waals surface area contributed by atoms with E-state index in [1.807, 2.05) is 13.8 Å². The maximum absolute atomic E-state index is 12.2. The molecule has 1 N–H and O–H groups in total. The number of carbonyl (C=O) groups excluding carboxylic acids is 1. The predicted octanol–water partition coefficient (Wildman–Crippen LogP) is 1.26. The highest BCUT2D eigenvalue weighted by atomic mass is 16.5. The number of rotatable bonds is 5. The van der Waals surface area contributed by atoms with Gasteiger partial charge >= 0.3 is 12.0 Å². The molecule has 0 bridgehead atoms. The molecule has 6 nitrogen and oxygen atoms in total. The van der Waals surface area contributed by atoms with E-state index in [4.69, 9.17) is 9.84 Å². The Labute approximate surface area is 114 Å². The van der Waals surface area contributed by atoms with Gasteiger partial charge in [0.25, 0.3) is 0 Å². The van der Waals surface area contributed by atoms with Crippen molar-refractivity contribution in [3.63, 3.8) is 0 Å². The summed E-state index contributed by atoms with van der Waals surface area (Å²) in [6, 6.07) is -0.0760. The zero-order chi connectivity index (χ0) is 14.4. The average Bonchev–Trinajstić information content (AvgIpc) is 2.37. The van der Waals surface area contributed by atoms with Crippen molar-refractivity contribution in [3.05, 3.63) is 0 Å². The number of ether oxygens (including phenoxy) is 1. The fourth-order valence-electron chi connectivity index (χ4n) is 2.34. The van der Waals surface area contributed by atoms with Gasteiger partial charge in [0.05, 0.1) is 12.5 Å². The van der Waals surface area contributed by atoms with Gasteiger partial charge in [-0.25, -0.2) is 4.79 Å². The molecule has 1 fully saturated rings. The fourth-order valence-corrected chi connectivity index (χ4v) is 2.34. The maximum Gasteiger partial charge on any atom is 0.320 e. The van der Waals surface area contributed by atoms with E-state index in [9.17, 15) is 9.59 Å². The summed E-state index contributed by atoms with van der Waals surface area (Å²) in [6.45, 7) is 6.05. The number of carboxylic acid groups (broad SMARTS) is 1. The van der Waals surface area contributed by atoms with E-state index in [1.165, 1.54) is 0 Å². The van der Waals surface area contributed by atoms with Gasteiger partial charge in [0.1, 0.15) is 0 Å². The fraction of sp³-hybridized carbons (Fsp3) is 0.846. The molecular formula is C13H24N2O4. The number of carboxylic acids is 1. The van der Waals surface area contributed by atoms with Gasteiger partial charge in [-0.05, 0) is 26.7 Å². The molecule has 0 spiro atoms. The van der Waals surface area contributed by atoms with Crippen LogP contribution in [0.1, 0.15) is 26.7 Å². The van der Waals surface area contributed by atoms with Crippen LogP contribution in [0.3, 0.4) is 0 Å². The SMILES string of the molecule is CCOCCN(C)C(=O)N1CCC(C(=O)O)CC1C. The first-order valence-corrected chi connectivity index (χ1v) is 6.79. The van der Waals surface area contributed by atoms with Crippen LogP contribution in [0.5, 0.6) is 0 Å². The summed E-state index contributed by atoms with van der Waals surface area (Å²) >= 11 is 0. The number of carbonyl (C=O) groups is 2. The number of hydrogen-bond donors (Lipinski definition) is 1. The highest BCUT2D eigenvalue weighted by molar-refractivity contribution is 5.75. The summed E-state index contributed by atoms with van der Waals surface area (Å²) in [4.78, 5) is 26.6. The lowest BCUT2D eigenvalue weighted by Crippen LogP contribution is -2.51. The first-order chi connectivity index (χ1) is 8.97. The van der Waals surface area contributed by atoms with Gasteiger partial charge in [-0.15, -0.1) is 0 Å². The Balaban J connectivity index is 2.47. The number of likely N-dealkylation sites (N-methyl/N-ethyl adjacent to an activating group) is 1. The van der Waals surface area contributed by atoms with Crippen molar-refractivity contribution in [1.29, 1.82) is 0 Å². The molecule has 0 aromatic rings. The second-order valence-electron chi connectivity index (χ2n) is 5.00. The first kappa shape index (κ1) is 15.8. The Morgan fingerprint density at radius 2 is 2.16 bits per heavy atom. The Bertz CT molecular complexity index is 322. The summed E-state index contributed by atoms with van der Waals surface area (Å²) in [5.74, 6) is -1.09. The zero-order valence-corrected chi connectivity index (χ0v) is 12.0. The van der Waals surface area contributed by atoms with Crippen molar-refractivity contribution >= 4 is 12.0 Å². The second kappa shape index (κ2) is 7.33. The first-order valence-electron chi connectivity index (χ1n) is 6.79. The Kier molecular flexibility index (Phi) is 6.08. The summed E-state index contributed by atoms with van der Waals surface area (Å²) in [6.07, 6.45) is 1.06. The van der Waals surface area contributed by atoms with Crippen molar-refractivity contribution in [3.8, 4) is 0 Å². The quantitative estimate of drug-likeness (QED) is 0.765. The summed E-state index contributed by atoms with van der Waals surface area (Å²) < 4.78 is 5.23. The second-order valence-corrected chi connectivity index (χ2v) is 5.00. The highest BCUT2D eigenvalue weighted by Gasteiger charge is 2.33. The van der Waals surface area contributed by atoms with Crippen molar-refractivity contribution < 1.29 is 19.4 Å². The molecule has 0 saturated carbocycles. The van der Waals surface area contributed by atoms with Crippen LogP contribution in [0.4, 0.5) is 4.79 Å². The lowest BCUT2D eigenvalue weighted by Gasteiger charge is -2.38. The summed E-state index contributed by atoms with van der Waals surface area (Å²) in [7, 11) is 1.75. The highest BCUT2D eigenvalue weighted by Crippen LogP contribution is 2.23. The molecule has 0 radical (unpaired) electrons. The van der Waals surface area contributed by atoms with Crippen LogP contribution >= 0.6 is 0 Å². The van der Waals surface area contributed by atoms with Crippen LogP contribution in [0.25, 0.3) is 0 Å². The zero-order valence-electron chi connectivity index (χ0n) is 12.0. The van der Waals surface area contributed by atoms with Gasteiger partial charge in [-0.2, -0.15) is 0 Å². The van der Waals surface area contributed by atoms with Gasteiger partial charge in [-0.3, -0.25) is 4.79 Å². The van der Waals surface area contributed by atoms with Gasteiger partial charge in [-0.1, -0.05) is 0 Å². The van der Waals surface area contributed by atoms with Gasteiger partial charge in [0, 0.05) is 32.8 Å². The van der Waals surface area contributed by atoms with Gasteiger partial charge in [0.2, 0.25) is 0 Å². The Hall–Kier alpha value is -1.30. The van der Waals surface area contributed by atoms with Crippen LogP contribution in [0.15, 0.2) is 0 Å². The van der Waals surface area contributed by atoms with Crippen molar-refractivity contribution in [1.82, 2.24) is 9.80 Å². The number of urea groups is 1. The lowest BCUT2D eigenvalue weighted by molar-refractivity contribution is -0.143. The standard InChI is InChI=1S/C13H24N2O4/c1-4-19-8-7-14(3)13(18)15-6-5-11(12(16)17)9-10(15)2/h10-11H,4-9H2,1-3H3,(H,16,17). The number of likely N-dealkylation sites (tertiary alicyclic amines) is 1. The van der Waals surface area contributed by atoms with E-state index in [0.29, 0.717) is 39.1 Å². The molecule has 6 heteroatoms. The molecule has 1 aliphatic rings. The third-order valence-electron chi connectivity index (χ3n) is 3.57. The number of amides is 2. The van der Waals surface area contributed by atoms with Crippen molar-refractivity contribution in [2.45, 2.75) is 32.7 Å². The third-order valence-corrected chi connectivity index (χ3v) is 3.57. The maximum atomic E-state index is 12.2. The largest absolute Gasteiger partial charge is 0.481 e. The normalized spacial score (nSPS) is 23.2. The van der Waals surface area contributed by atoms with Gasteiger partial charge in [0.15, 0.2) is 0 Å². The van der Waals surface area contributed by atoms with E-state index in [1.54, 1.807) is 16.8 Å². The molecule has 1 aliphatic heterocycles. The van der Waals surface area contributed by atoms with E-state index < -0.39 is 5.97 Å². The summed E-state index contributed by atoms with van der Waals surface area (Å²) in [5.41, 5.74) is 0. The lowest BCUT2D eigenvalue weighted by atomic mass is 9.92. The number of aliphatic carboxylic acids is 1. The van der Waals surface area contributed by atoms with Crippen molar-refractivity contribution in [2.75, 3.05) is 33.4 Å². The molecule has 1 heterocycles. The predicted molar refractivity (Wildman–Crippen MR) is 71.0 cm³/mol. The molecule has 0 aromatic carbocycles. The Morgan fingerprint density at radius 1 is 1.47 bits per heavy atom. The van der Waals surface area contributed by atoms with Crippen LogP contribution in [0, 0.1) is 5.92 Å². The average molecular weight is 272 g/mol. The van der Waals surface area contributed by atoms with Crippen LogP contribution < -0.4 is 0 Å². The molecule has 2 atom stereocenters. The minimum Gasteiger partial charge on any atom is -0.481 e. The molecule has 0 aromatic heterocycles. The minimum absolute atomic E-state index is 0.0307.